The summed E-state index contributed by atoms with van der Waals surface area (Å²) in [5.74, 6) is 1.60. The molecule has 1 fully saturated rings. The van der Waals surface area contributed by atoms with E-state index in [1.807, 2.05) is 0 Å². The van der Waals surface area contributed by atoms with E-state index in [4.69, 9.17) is 5.73 Å². The molecule has 2 unspecified atom stereocenters. The third-order valence-electron chi connectivity index (χ3n) is 3.15. The van der Waals surface area contributed by atoms with E-state index in [9.17, 15) is 0 Å². The second kappa shape index (κ2) is 2.76. The molecule has 0 radical (unpaired) electrons. The van der Waals surface area contributed by atoms with Gasteiger partial charge in [-0.15, -0.1) is 0 Å². The summed E-state index contributed by atoms with van der Waals surface area (Å²) in [6, 6.07) is 0. The highest BCUT2D eigenvalue weighted by Crippen LogP contribution is 2.50. The molecule has 0 spiro atoms. The van der Waals surface area contributed by atoms with E-state index in [0.717, 1.165) is 18.4 Å². The molecule has 1 rings (SSSR count). The van der Waals surface area contributed by atoms with E-state index in [-0.39, 0.29) is 0 Å². The third-order valence-corrected chi connectivity index (χ3v) is 3.15. The number of nitrogens with zero attached hydrogens (tertiary/aromatic N) is 1. The van der Waals surface area contributed by atoms with Crippen molar-refractivity contribution in [3.8, 4) is 0 Å². The molecule has 2 heteroatoms. The molecule has 2 nitrogen and oxygen atoms in total. The van der Waals surface area contributed by atoms with E-state index in [0.29, 0.717) is 5.54 Å². The van der Waals surface area contributed by atoms with E-state index < -0.39 is 0 Å². The first-order chi connectivity index (χ1) is 5.04. The Hall–Kier alpha value is -0.0800. The second-order valence-electron chi connectivity index (χ2n) is 4.26. The fourth-order valence-electron chi connectivity index (χ4n) is 2.11. The van der Waals surface area contributed by atoms with Crippen LogP contribution < -0.4 is 5.73 Å². The predicted molar refractivity (Wildman–Crippen MR) is 48.4 cm³/mol. The highest BCUT2D eigenvalue weighted by Gasteiger charge is 2.55. The van der Waals surface area contributed by atoms with Crippen molar-refractivity contribution < 1.29 is 0 Å². The van der Waals surface area contributed by atoms with Crippen molar-refractivity contribution in [1.82, 2.24) is 4.90 Å². The zero-order chi connectivity index (χ0) is 8.65. The van der Waals surface area contributed by atoms with Gasteiger partial charge in [0.05, 0.1) is 0 Å². The largest absolute Gasteiger partial charge is 0.329 e. The molecule has 0 aliphatic heterocycles. The molecular weight excluding hydrogens is 136 g/mol. The lowest BCUT2D eigenvalue weighted by atomic mass is 10.0. The molecule has 0 aromatic rings. The predicted octanol–water partition coefficient (Wildman–Crippen LogP) is 0.921. The fraction of sp³-hybridized carbons (Fsp3) is 1.00. The number of nitrogens with two attached hydrogens (primary N) is 1. The molecule has 2 N–H and O–H groups in total. The summed E-state index contributed by atoms with van der Waals surface area (Å²) in [5, 5.41) is 0. The zero-order valence-electron chi connectivity index (χ0n) is 8.09. The Morgan fingerprint density at radius 1 is 1.55 bits per heavy atom. The van der Waals surface area contributed by atoms with Crippen molar-refractivity contribution in [2.24, 2.45) is 17.6 Å². The molecule has 2 atom stereocenters. The molecule has 0 aromatic heterocycles. The van der Waals surface area contributed by atoms with Crippen molar-refractivity contribution in [1.29, 1.82) is 0 Å². The van der Waals surface area contributed by atoms with Gasteiger partial charge in [0.25, 0.3) is 0 Å². The maximum Gasteiger partial charge on any atom is 0.0360 e. The third kappa shape index (κ3) is 1.30. The summed E-state index contributed by atoms with van der Waals surface area (Å²) in [7, 11) is 4.27. The van der Waals surface area contributed by atoms with Crippen molar-refractivity contribution in [2.45, 2.75) is 25.8 Å². The van der Waals surface area contributed by atoms with Gasteiger partial charge in [-0.25, -0.2) is 0 Å². The van der Waals surface area contributed by atoms with Gasteiger partial charge in [-0.2, -0.15) is 0 Å². The number of likely N-dealkylation sites (N-methyl/N-ethyl adjacent to an activating group) is 1. The minimum absolute atomic E-state index is 0.341. The topological polar surface area (TPSA) is 29.3 Å². The smallest absolute Gasteiger partial charge is 0.0360 e. The van der Waals surface area contributed by atoms with Gasteiger partial charge in [0, 0.05) is 12.1 Å². The van der Waals surface area contributed by atoms with Gasteiger partial charge in [0.15, 0.2) is 0 Å². The van der Waals surface area contributed by atoms with E-state index >= 15 is 0 Å². The van der Waals surface area contributed by atoms with Crippen LogP contribution in [0, 0.1) is 11.8 Å². The Morgan fingerprint density at radius 2 is 2.09 bits per heavy atom. The normalized spacial score (nSPS) is 36.8. The van der Waals surface area contributed by atoms with Crippen molar-refractivity contribution >= 4 is 0 Å². The zero-order valence-corrected chi connectivity index (χ0v) is 8.09. The van der Waals surface area contributed by atoms with Crippen molar-refractivity contribution in [3.63, 3.8) is 0 Å². The Labute approximate surface area is 69.8 Å². The van der Waals surface area contributed by atoms with Gasteiger partial charge in [0.2, 0.25) is 0 Å². The summed E-state index contributed by atoms with van der Waals surface area (Å²) in [4.78, 5) is 2.29. The Bertz CT molecular complexity index is 142. The highest BCUT2D eigenvalue weighted by atomic mass is 15.2. The van der Waals surface area contributed by atoms with Crippen LogP contribution in [0.25, 0.3) is 0 Å². The maximum atomic E-state index is 5.76. The molecular formula is C9H20N2. The summed E-state index contributed by atoms with van der Waals surface area (Å²) in [6.45, 7) is 5.38. The van der Waals surface area contributed by atoms with Crippen LogP contribution in [-0.2, 0) is 0 Å². The summed E-state index contributed by atoms with van der Waals surface area (Å²) >= 11 is 0. The number of hydrogen-bond acceptors (Lipinski definition) is 2. The molecule has 0 aromatic carbocycles. The van der Waals surface area contributed by atoms with Gasteiger partial charge in [-0.3, -0.25) is 0 Å². The molecule has 66 valence electrons. The van der Waals surface area contributed by atoms with E-state index in [1.54, 1.807) is 0 Å². The summed E-state index contributed by atoms with van der Waals surface area (Å²) in [6.07, 6.45) is 1.29. The lowest BCUT2D eigenvalue weighted by molar-refractivity contribution is 0.239. The lowest BCUT2D eigenvalue weighted by Crippen LogP contribution is -2.40. The van der Waals surface area contributed by atoms with E-state index in [1.165, 1.54) is 6.42 Å². The quantitative estimate of drug-likeness (QED) is 0.658. The fourth-order valence-corrected chi connectivity index (χ4v) is 2.11. The first kappa shape index (κ1) is 9.01. The SMILES string of the molecule is CC(C)C1CC1(CN)N(C)C. The number of hydrogen-bond donors (Lipinski definition) is 1. The van der Waals surface area contributed by atoms with Crippen LogP contribution in [0.1, 0.15) is 20.3 Å². The maximum absolute atomic E-state index is 5.76. The Balaban J connectivity index is 2.56. The molecule has 0 bridgehead atoms. The average molecular weight is 156 g/mol. The van der Waals surface area contributed by atoms with Crippen LogP contribution in [0.2, 0.25) is 0 Å². The summed E-state index contributed by atoms with van der Waals surface area (Å²) < 4.78 is 0. The van der Waals surface area contributed by atoms with Crippen LogP contribution in [0.4, 0.5) is 0 Å². The monoisotopic (exact) mass is 156 g/mol. The molecule has 1 saturated carbocycles. The number of rotatable bonds is 3. The van der Waals surface area contributed by atoms with Crippen LogP contribution in [0.15, 0.2) is 0 Å². The minimum atomic E-state index is 0.341. The van der Waals surface area contributed by atoms with Gasteiger partial charge >= 0.3 is 0 Å². The molecule has 0 heterocycles. The molecule has 0 saturated heterocycles. The first-order valence-electron chi connectivity index (χ1n) is 4.42. The van der Waals surface area contributed by atoms with Crippen LogP contribution in [-0.4, -0.2) is 31.1 Å². The van der Waals surface area contributed by atoms with Gasteiger partial charge < -0.3 is 10.6 Å². The standard InChI is InChI=1S/C9H20N2/c1-7(2)8-5-9(8,6-10)11(3)4/h7-8H,5-6,10H2,1-4H3. The molecule has 0 amide bonds. The van der Waals surface area contributed by atoms with Crippen LogP contribution in [0.5, 0.6) is 0 Å². The Kier molecular flexibility index (Phi) is 2.26. The van der Waals surface area contributed by atoms with Crippen molar-refractivity contribution in [3.05, 3.63) is 0 Å². The van der Waals surface area contributed by atoms with Crippen LogP contribution in [0.3, 0.4) is 0 Å². The Morgan fingerprint density at radius 3 is 2.18 bits per heavy atom. The average Bonchev–Trinajstić information content (AvgIpc) is 2.62. The molecule has 1 aliphatic rings. The van der Waals surface area contributed by atoms with Gasteiger partial charge in [-0.05, 0) is 32.4 Å². The van der Waals surface area contributed by atoms with Crippen LogP contribution >= 0.6 is 0 Å². The van der Waals surface area contributed by atoms with Crippen molar-refractivity contribution in [2.75, 3.05) is 20.6 Å². The van der Waals surface area contributed by atoms with E-state index in [2.05, 4.69) is 32.8 Å². The molecule has 1 aliphatic carbocycles. The minimum Gasteiger partial charge on any atom is -0.329 e. The van der Waals surface area contributed by atoms with Gasteiger partial charge in [0.1, 0.15) is 0 Å². The lowest BCUT2D eigenvalue weighted by Gasteiger charge is -2.24. The summed E-state index contributed by atoms with van der Waals surface area (Å²) in [5.41, 5.74) is 6.10. The molecule has 11 heavy (non-hydrogen) atoms. The second-order valence-corrected chi connectivity index (χ2v) is 4.26. The van der Waals surface area contributed by atoms with Gasteiger partial charge in [-0.1, -0.05) is 13.8 Å². The highest BCUT2D eigenvalue weighted by molar-refractivity contribution is 5.11. The first-order valence-corrected chi connectivity index (χ1v) is 4.42.